The number of nitrogens with one attached hydrogen (secondary N) is 1. The Morgan fingerprint density at radius 2 is 2.04 bits per heavy atom. The number of aromatic nitrogens is 1. The molecule has 0 radical (unpaired) electrons. The predicted octanol–water partition coefficient (Wildman–Crippen LogP) is 2.53. The van der Waals surface area contributed by atoms with Crippen molar-refractivity contribution in [3.63, 3.8) is 0 Å². The van der Waals surface area contributed by atoms with Crippen molar-refractivity contribution >= 4 is 11.8 Å². The number of nitrogens with zero attached hydrogens (tertiary/aromatic N) is 3. The number of benzene rings is 1. The summed E-state index contributed by atoms with van der Waals surface area (Å²) in [7, 11) is 3.35. The average Bonchev–Trinajstić information content (AvgIpc) is 2.56. The zero-order valence-electron chi connectivity index (χ0n) is 13.3. The van der Waals surface area contributed by atoms with Crippen LogP contribution < -0.4 is 10.2 Å². The summed E-state index contributed by atoms with van der Waals surface area (Å²) in [6.45, 7) is 1.56. The molecule has 1 aliphatic heterocycles. The van der Waals surface area contributed by atoms with Gasteiger partial charge in [-0.3, -0.25) is 4.98 Å². The van der Waals surface area contributed by atoms with Crippen molar-refractivity contribution in [3.8, 4) is 5.75 Å². The quantitative estimate of drug-likeness (QED) is 0.944. The summed E-state index contributed by atoms with van der Waals surface area (Å²) in [6.07, 6.45) is 4.05. The van der Waals surface area contributed by atoms with Crippen molar-refractivity contribution in [2.24, 2.45) is 0 Å². The first-order valence-electron chi connectivity index (χ1n) is 7.55. The fourth-order valence-corrected chi connectivity index (χ4v) is 2.54. The van der Waals surface area contributed by atoms with Crippen molar-refractivity contribution < 1.29 is 9.53 Å². The topological polar surface area (TPSA) is 57.7 Å². The number of rotatable bonds is 3. The Labute approximate surface area is 135 Å². The van der Waals surface area contributed by atoms with E-state index in [0.29, 0.717) is 12.3 Å². The highest BCUT2D eigenvalue weighted by Crippen LogP contribution is 2.28. The lowest BCUT2D eigenvalue weighted by atomic mass is 10.00. The molecule has 0 fully saturated rings. The Morgan fingerprint density at radius 3 is 2.78 bits per heavy atom. The highest BCUT2D eigenvalue weighted by molar-refractivity contribution is 5.70. The number of carbonyl (C=O) groups is 1. The number of ether oxygens (including phenoxy) is 1. The highest BCUT2D eigenvalue weighted by atomic mass is 16.6. The number of anilines is 1. The summed E-state index contributed by atoms with van der Waals surface area (Å²) in [5, 5.41) is 2.12. The van der Waals surface area contributed by atoms with E-state index >= 15 is 0 Å². The molecule has 120 valence electrons. The van der Waals surface area contributed by atoms with Crippen LogP contribution >= 0.6 is 0 Å². The van der Waals surface area contributed by atoms with Crippen LogP contribution in [0.15, 0.2) is 42.7 Å². The molecular weight excluding hydrogens is 292 g/mol. The minimum Gasteiger partial charge on any atom is -0.410 e. The number of amides is 1. The first-order valence-corrected chi connectivity index (χ1v) is 7.55. The molecule has 6 heteroatoms. The van der Waals surface area contributed by atoms with E-state index in [2.05, 4.69) is 21.5 Å². The lowest BCUT2D eigenvalue weighted by molar-refractivity contribution is 0.170. The molecular formula is C17H20N4O2. The molecule has 2 heterocycles. The molecule has 1 aliphatic rings. The van der Waals surface area contributed by atoms with Crippen LogP contribution in [0.1, 0.15) is 11.1 Å². The number of carbonyl (C=O) groups excluding carboxylic acids is 1. The van der Waals surface area contributed by atoms with E-state index in [4.69, 9.17) is 4.74 Å². The lowest BCUT2D eigenvalue weighted by Crippen LogP contribution is -2.36. The van der Waals surface area contributed by atoms with E-state index in [-0.39, 0.29) is 6.09 Å². The lowest BCUT2D eigenvalue weighted by Gasteiger charge is -2.30. The molecule has 1 aromatic carbocycles. The van der Waals surface area contributed by atoms with E-state index in [1.165, 1.54) is 10.5 Å². The first kappa shape index (κ1) is 15.3. The zero-order chi connectivity index (χ0) is 16.2. The van der Waals surface area contributed by atoms with Crippen molar-refractivity contribution in [1.29, 1.82) is 0 Å². The Morgan fingerprint density at radius 1 is 1.26 bits per heavy atom. The molecule has 1 amide bonds. The first-order chi connectivity index (χ1) is 11.1. The van der Waals surface area contributed by atoms with Crippen LogP contribution in [0.3, 0.4) is 0 Å². The van der Waals surface area contributed by atoms with E-state index in [1.54, 1.807) is 26.5 Å². The van der Waals surface area contributed by atoms with Gasteiger partial charge in [-0.1, -0.05) is 12.1 Å². The molecule has 0 spiro atoms. The minimum absolute atomic E-state index is 0.363. The normalized spacial score (nSPS) is 14.0. The third-order valence-electron chi connectivity index (χ3n) is 3.76. The maximum Gasteiger partial charge on any atom is 0.414 e. The number of hydrogen-bond acceptors (Lipinski definition) is 5. The maximum atomic E-state index is 11.8. The predicted molar refractivity (Wildman–Crippen MR) is 88.1 cm³/mol. The second-order valence-corrected chi connectivity index (χ2v) is 5.68. The molecule has 1 N–H and O–H groups in total. The smallest absolute Gasteiger partial charge is 0.410 e. The van der Waals surface area contributed by atoms with Gasteiger partial charge in [0.15, 0.2) is 0 Å². The number of hydrogen-bond donors (Lipinski definition) is 1. The van der Waals surface area contributed by atoms with Crippen LogP contribution in [0.25, 0.3) is 0 Å². The Balaban J connectivity index is 1.77. The standard InChI is InChI=1S/C17H20N4O2/c1-20(2)17(22)23-16-5-3-4-13-8-11-21(12-15(13)16)19-14-6-9-18-10-7-14/h3-7,9-10H,8,11-12H2,1-2H3,(H,18,19). The molecule has 1 aromatic heterocycles. The van der Waals surface area contributed by atoms with Crippen molar-refractivity contribution in [2.45, 2.75) is 13.0 Å². The molecule has 2 aromatic rings. The largest absolute Gasteiger partial charge is 0.414 e. The Hall–Kier alpha value is -2.60. The SMILES string of the molecule is CN(C)C(=O)Oc1cccc2c1CN(Nc1ccncc1)CC2. The van der Waals surface area contributed by atoms with E-state index in [1.807, 2.05) is 24.3 Å². The zero-order valence-corrected chi connectivity index (χ0v) is 13.3. The maximum absolute atomic E-state index is 11.8. The summed E-state index contributed by atoms with van der Waals surface area (Å²) in [5.74, 6) is 0.627. The fraction of sp³-hybridized carbons (Fsp3) is 0.294. The Bertz CT molecular complexity index is 688. The number of fused-ring (bicyclic) bond motifs is 1. The third kappa shape index (κ3) is 3.60. The van der Waals surface area contributed by atoms with Gasteiger partial charge in [0.05, 0.1) is 5.69 Å². The molecule has 0 unspecified atom stereocenters. The van der Waals surface area contributed by atoms with Gasteiger partial charge in [-0.05, 0) is 30.2 Å². The van der Waals surface area contributed by atoms with E-state index in [0.717, 1.165) is 24.2 Å². The molecule has 6 nitrogen and oxygen atoms in total. The summed E-state index contributed by atoms with van der Waals surface area (Å²) in [4.78, 5) is 17.3. The second-order valence-electron chi connectivity index (χ2n) is 5.68. The number of pyridine rings is 1. The third-order valence-corrected chi connectivity index (χ3v) is 3.76. The molecule has 0 saturated heterocycles. The van der Waals surface area contributed by atoms with Gasteiger partial charge >= 0.3 is 6.09 Å². The van der Waals surface area contributed by atoms with Gasteiger partial charge in [0, 0.05) is 45.1 Å². The Kier molecular flexibility index (Phi) is 4.43. The molecule has 0 aliphatic carbocycles. The van der Waals surface area contributed by atoms with Crippen molar-refractivity contribution in [2.75, 3.05) is 26.1 Å². The second kappa shape index (κ2) is 6.66. The number of hydrazine groups is 1. The van der Waals surface area contributed by atoms with Crippen LogP contribution in [0.2, 0.25) is 0 Å². The monoisotopic (exact) mass is 312 g/mol. The van der Waals surface area contributed by atoms with E-state index in [9.17, 15) is 4.79 Å². The van der Waals surface area contributed by atoms with Crippen LogP contribution in [0.5, 0.6) is 5.75 Å². The van der Waals surface area contributed by atoms with Gasteiger partial charge in [0.1, 0.15) is 5.75 Å². The van der Waals surface area contributed by atoms with Crippen molar-refractivity contribution in [3.05, 3.63) is 53.9 Å². The average molecular weight is 312 g/mol. The van der Waals surface area contributed by atoms with Gasteiger partial charge in [-0.15, -0.1) is 0 Å². The molecule has 0 atom stereocenters. The van der Waals surface area contributed by atoms with Crippen LogP contribution in [0.4, 0.5) is 10.5 Å². The van der Waals surface area contributed by atoms with Crippen molar-refractivity contribution in [1.82, 2.24) is 14.9 Å². The summed E-state index contributed by atoms with van der Waals surface area (Å²) in [6, 6.07) is 9.71. The van der Waals surface area contributed by atoms with Gasteiger partial charge in [-0.2, -0.15) is 0 Å². The van der Waals surface area contributed by atoms with Gasteiger partial charge in [0.2, 0.25) is 0 Å². The van der Waals surface area contributed by atoms with E-state index < -0.39 is 0 Å². The van der Waals surface area contributed by atoms with Crippen LogP contribution in [-0.4, -0.2) is 41.6 Å². The highest BCUT2D eigenvalue weighted by Gasteiger charge is 2.21. The summed E-state index contributed by atoms with van der Waals surface area (Å²) in [5.41, 5.74) is 6.63. The van der Waals surface area contributed by atoms with Gasteiger partial charge in [-0.25, -0.2) is 9.80 Å². The molecule has 23 heavy (non-hydrogen) atoms. The summed E-state index contributed by atoms with van der Waals surface area (Å²) < 4.78 is 5.50. The fourth-order valence-electron chi connectivity index (χ4n) is 2.54. The molecule has 0 saturated carbocycles. The molecule has 0 bridgehead atoms. The summed E-state index contributed by atoms with van der Waals surface area (Å²) >= 11 is 0. The van der Waals surface area contributed by atoms with Gasteiger partial charge < -0.3 is 15.1 Å². The van der Waals surface area contributed by atoms with Crippen LogP contribution in [-0.2, 0) is 13.0 Å². The minimum atomic E-state index is -0.363. The molecule has 3 rings (SSSR count). The van der Waals surface area contributed by atoms with Gasteiger partial charge in [0.25, 0.3) is 0 Å². The van der Waals surface area contributed by atoms with Crippen LogP contribution in [0, 0.1) is 0 Å².